The maximum Gasteiger partial charge on any atom is 0.315 e. The molecule has 2 aromatic rings. The molecule has 402 valence electrons. The van der Waals surface area contributed by atoms with E-state index in [0.29, 0.717) is 35.1 Å². The van der Waals surface area contributed by atoms with Crippen molar-refractivity contribution in [2.75, 3.05) is 32.9 Å². The van der Waals surface area contributed by atoms with Crippen molar-refractivity contribution in [3.8, 4) is 11.5 Å². The van der Waals surface area contributed by atoms with Crippen LogP contribution in [0.4, 0.5) is 0 Å². The summed E-state index contributed by atoms with van der Waals surface area (Å²) in [6.45, 7) is 6.94. The third kappa shape index (κ3) is 14.7. The second-order valence-electron chi connectivity index (χ2n) is 23.2. The molecule has 0 spiro atoms. The molecule has 3 aliphatic heterocycles. The zero-order valence-corrected chi connectivity index (χ0v) is 47.7. The molecule has 0 radical (unpaired) electrons. The number of hydrogen-bond donors (Lipinski definition) is 0. The van der Waals surface area contributed by atoms with Crippen LogP contribution in [0.1, 0.15) is 190 Å². The molecule has 5 fully saturated rings. The number of likely N-dealkylation sites (N-methyl/N-ethyl adjacent to an activating group) is 2. The van der Waals surface area contributed by atoms with Crippen molar-refractivity contribution in [1.82, 2.24) is 9.80 Å². The molecular formula is C66H92N2O4S2. The van der Waals surface area contributed by atoms with E-state index in [2.05, 4.69) is 134 Å². The zero-order chi connectivity index (χ0) is 51.6. The minimum atomic E-state index is -0.181. The van der Waals surface area contributed by atoms with Crippen LogP contribution in [0.2, 0.25) is 0 Å². The SMILES string of the molecule is CC/C=C\C/C=C\C/C=C\C/C=C\C/C=C\C/C=C\CC(=O)Oc1ccc2c(c1)[C@]13CCCC[C@@H]1[C@H](C2)N(C)CC3.CN1CC[C@@]23CCCC[C@@H]2[C@@H]1Cc1ccc(OC(=O)CCCCCC[C@]2(C)CCSS2)cc13. The van der Waals surface area contributed by atoms with Gasteiger partial charge in [0.25, 0.3) is 0 Å². The number of rotatable bonds is 22. The molecule has 9 rings (SSSR count). The van der Waals surface area contributed by atoms with Crippen molar-refractivity contribution in [3.63, 3.8) is 0 Å². The first-order valence-corrected chi connectivity index (χ1v) is 31.7. The van der Waals surface area contributed by atoms with Crippen LogP contribution in [0.5, 0.6) is 11.5 Å². The minimum absolute atomic E-state index is 0.0561. The Balaban J connectivity index is 0.000000201. The fourth-order valence-electron chi connectivity index (χ4n) is 14.3. The molecule has 7 atom stereocenters. The van der Waals surface area contributed by atoms with Crippen molar-refractivity contribution >= 4 is 33.5 Å². The van der Waals surface area contributed by atoms with E-state index in [9.17, 15) is 9.59 Å². The summed E-state index contributed by atoms with van der Waals surface area (Å²) in [6, 6.07) is 14.4. The lowest BCUT2D eigenvalue weighted by atomic mass is 9.52. The first kappa shape index (κ1) is 56.6. The molecule has 74 heavy (non-hydrogen) atoms. The average molecular weight is 1040 g/mol. The Labute approximate surface area is 456 Å². The van der Waals surface area contributed by atoms with E-state index >= 15 is 0 Å². The molecule has 3 heterocycles. The lowest BCUT2D eigenvalue weighted by molar-refractivity contribution is -0.135. The van der Waals surface area contributed by atoms with E-state index < -0.39 is 0 Å². The minimum Gasteiger partial charge on any atom is -0.427 e. The van der Waals surface area contributed by atoms with Crippen LogP contribution in [0.15, 0.2) is 109 Å². The van der Waals surface area contributed by atoms with Gasteiger partial charge in [0.1, 0.15) is 11.5 Å². The van der Waals surface area contributed by atoms with Gasteiger partial charge >= 0.3 is 11.9 Å². The van der Waals surface area contributed by atoms with Crippen LogP contribution in [0.25, 0.3) is 0 Å². The molecule has 7 aliphatic rings. The van der Waals surface area contributed by atoms with Crippen molar-refractivity contribution < 1.29 is 19.1 Å². The third-order valence-corrected chi connectivity index (χ3v) is 21.7. The molecule has 3 saturated heterocycles. The number of carbonyl (C=O) groups is 2. The first-order chi connectivity index (χ1) is 36.1. The van der Waals surface area contributed by atoms with Crippen LogP contribution < -0.4 is 9.47 Å². The van der Waals surface area contributed by atoms with Gasteiger partial charge in [-0.05, 0) is 202 Å². The summed E-state index contributed by atoms with van der Waals surface area (Å²) in [4.78, 5) is 30.4. The molecular weight excluding hydrogens is 949 g/mol. The molecule has 8 heteroatoms. The molecule has 2 saturated carbocycles. The Bertz CT molecular complexity index is 2320. The molecule has 2 aromatic carbocycles. The summed E-state index contributed by atoms with van der Waals surface area (Å²) in [5.41, 5.74) is 6.56. The first-order valence-electron chi connectivity index (χ1n) is 29.4. The molecule has 0 amide bonds. The van der Waals surface area contributed by atoms with Crippen LogP contribution in [-0.4, -0.2) is 71.5 Å². The van der Waals surface area contributed by atoms with Crippen LogP contribution in [0, 0.1) is 11.8 Å². The maximum absolute atomic E-state index is 12.6. The third-order valence-electron chi connectivity index (χ3n) is 18.3. The number of carbonyl (C=O) groups excluding carboxylic acids is 2. The van der Waals surface area contributed by atoms with Crippen LogP contribution in [0.3, 0.4) is 0 Å². The van der Waals surface area contributed by atoms with Gasteiger partial charge in [-0.2, -0.15) is 0 Å². The number of benzene rings is 2. The zero-order valence-electron chi connectivity index (χ0n) is 46.1. The van der Waals surface area contributed by atoms with E-state index in [4.69, 9.17) is 9.47 Å². The lowest BCUT2D eigenvalue weighted by Gasteiger charge is -2.58. The van der Waals surface area contributed by atoms with Crippen molar-refractivity contribution in [1.29, 1.82) is 0 Å². The van der Waals surface area contributed by atoms with Crippen molar-refractivity contribution in [2.24, 2.45) is 11.8 Å². The second-order valence-corrected chi connectivity index (χ2v) is 26.2. The highest BCUT2D eigenvalue weighted by molar-refractivity contribution is 8.77. The Morgan fingerprint density at radius 2 is 1.08 bits per heavy atom. The molecule has 0 N–H and O–H groups in total. The van der Waals surface area contributed by atoms with Gasteiger partial charge in [-0.15, -0.1) is 0 Å². The van der Waals surface area contributed by atoms with Gasteiger partial charge < -0.3 is 19.3 Å². The molecule has 4 bridgehead atoms. The predicted molar refractivity (Wildman–Crippen MR) is 315 cm³/mol. The van der Waals surface area contributed by atoms with Gasteiger partial charge in [-0.3, -0.25) is 9.59 Å². The summed E-state index contributed by atoms with van der Waals surface area (Å²) in [5, 5.41) is 0. The Kier molecular flexibility index (Phi) is 21.6. The highest BCUT2D eigenvalue weighted by atomic mass is 33.1. The highest BCUT2D eigenvalue weighted by Crippen LogP contribution is 2.57. The van der Waals surface area contributed by atoms with Crippen LogP contribution >= 0.6 is 21.6 Å². The lowest BCUT2D eigenvalue weighted by Crippen LogP contribution is -2.59. The van der Waals surface area contributed by atoms with Gasteiger partial charge in [-0.1, -0.05) is 159 Å². The number of likely N-dealkylation sites (tertiary alicyclic amines) is 2. The second kappa shape index (κ2) is 28.2. The number of esters is 2. The fraction of sp³-hybridized carbons (Fsp3) is 0.606. The summed E-state index contributed by atoms with van der Waals surface area (Å²) in [5.74, 6) is 4.07. The van der Waals surface area contributed by atoms with E-state index in [1.165, 1.54) is 131 Å². The molecule has 6 nitrogen and oxygen atoms in total. The van der Waals surface area contributed by atoms with E-state index in [1.807, 2.05) is 35.1 Å². The number of ether oxygens (including phenoxy) is 2. The normalized spacial score (nSPS) is 28.6. The van der Waals surface area contributed by atoms with Gasteiger partial charge in [-0.25, -0.2) is 0 Å². The average Bonchev–Trinajstić information content (AvgIpc) is 3.85. The molecule has 0 unspecified atom stereocenters. The highest BCUT2D eigenvalue weighted by Gasteiger charge is 2.54. The molecule has 0 aromatic heterocycles. The number of unbranched alkanes of at least 4 members (excludes halogenated alkanes) is 3. The summed E-state index contributed by atoms with van der Waals surface area (Å²) in [6.07, 6.45) is 55.4. The molecule has 4 aliphatic carbocycles. The van der Waals surface area contributed by atoms with Gasteiger partial charge in [0.05, 0.1) is 6.42 Å². The standard InChI is InChI=1S/C38H51NO2.C28H41NO2S2/c1-3-4-5-6-7-8-9-10-11-12-13-14-15-16-17-18-19-20-24-37(40)41-33-26-25-32-30-36-34-23-21-22-27-38(34,35(32)31-33)28-29-39(36)2;1-27(16-18-32-33-27)13-7-4-3-5-10-26(30)31-22-12-11-21-19-25-23-9-6-8-14-28(23,24(21)20-22)15-17-29(25)2/h4-5,7-8,10-11,13-14,16-17,19-20,25-26,31,34,36H,3,6,9,12,15,18,21-24,27-30H2,1-2H3;11-12,20,23,25H,3-10,13-19H2,1-2H3/b5-4-,8-7-,11-10-,14-13-,17-16-,20-19-;/t34-,36+,38+;23-,25+,27-,28+/m11/s1. The van der Waals surface area contributed by atoms with Gasteiger partial charge in [0.2, 0.25) is 0 Å². The van der Waals surface area contributed by atoms with Gasteiger partial charge in [0, 0.05) is 39.8 Å². The number of fused-ring (bicyclic) bond motifs is 2. The Hall–Kier alpha value is -3.56. The monoisotopic (exact) mass is 1040 g/mol. The van der Waals surface area contributed by atoms with E-state index in [0.717, 1.165) is 87.5 Å². The number of hydrogen-bond acceptors (Lipinski definition) is 8. The maximum atomic E-state index is 12.6. The van der Waals surface area contributed by atoms with Crippen LogP contribution in [-0.2, 0) is 33.3 Å². The number of piperidine rings is 2. The summed E-state index contributed by atoms with van der Waals surface area (Å²) >= 11 is 0. The predicted octanol–water partition coefficient (Wildman–Crippen LogP) is 16.5. The Morgan fingerprint density at radius 3 is 1.58 bits per heavy atom. The van der Waals surface area contributed by atoms with Gasteiger partial charge in [0.15, 0.2) is 0 Å². The van der Waals surface area contributed by atoms with Crippen molar-refractivity contribution in [3.05, 3.63) is 132 Å². The summed E-state index contributed by atoms with van der Waals surface area (Å²) < 4.78 is 12.2. The largest absolute Gasteiger partial charge is 0.427 e. The van der Waals surface area contributed by atoms with E-state index in [1.54, 1.807) is 0 Å². The van der Waals surface area contributed by atoms with E-state index in [-0.39, 0.29) is 17.4 Å². The number of nitrogens with zero attached hydrogens (tertiary/aromatic N) is 2. The Morgan fingerprint density at radius 1 is 0.595 bits per heavy atom. The fourth-order valence-corrected chi connectivity index (χ4v) is 17.6. The smallest absolute Gasteiger partial charge is 0.315 e. The van der Waals surface area contributed by atoms with Crippen molar-refractivity contribution in [2.45, 2.75) is 208 Å². The summed E-state index contributed by atoms with van der Waals surface area (Å²) in [7, 11) is 8.72. The quantitative estimate of drug-likeness (QED) is 0.0380. The number of allylic oxidation sites excluding steroid dienone is 11. The topological polar surface area (TPSA) is 59.1 Å².